The number of aromatic nitrogens is 2. The molecule has 110 valence electrons. The molecule has 9 heteroatoms. The molecule has 9 nitrogen and oxygen atoms in total. The first-order valence-electron chi connectivity index (χ1n) is 5.70. The van der Waals surface area contributed by atoms with Crippen molar-refractivity contribution in [1.29, 1.82) is 0 Å². The molecule has 3 N–H and O–H groups in total. The van der Waals surface area contributed by atoms with E-state index in [9.17, 15) is 24.3 Å². The van der Waals surface area contributed by atoms with E-state index in [4.69, 9.17) is 5.11 Å². The van der Waals surface area contributed by atoms with E-state index < -0.39 is 41.8 Å². The van der Waals surface area contributed by atoms with Gasteiger partial charge in [0.15, 0.2) is 6.04 Å². The zero-order valence-electron chi connectivity index (χ0n) is 10.9. The van der Waals surface area contributed by atoms with Gasteiger partial charge in [0.1, 0.15) is 6.54 Å². The number of aliphatic hydroxyl groups excluding tert-OH is 1. The number of amides is 1. The maximum absolute atomic E-state index is 11.7. The van der Waals surface area contributed by atoms with E-state index in [1.54, 1.807) is 0 Å². The molecule has 0 bridgehead atoms. The molecule has 0 spiro atoms. The Balaban J connectivity index is 2.87. The van der Waals surface area contributed by atoms with Crippen LogP contribution in [0.15, 0.2) is 21.9 Å². The van der Waals surface area contributed by atoms with Gasteiger partial charge in [-0.25, -0.2) is 9.59 Å². The molecule has 0 aliphatic carbocycles. The molecule has 0 fully saturated rings. The van der Waals surface area contributed by atoms with Crippen molar-refractivity contribution in [2.45, 2.75) is 25.6 Å². The Bertz CT molecular complexity index is 630. The lowest BCUT2D eigenvalue weighted by molar-refractivity contribution is -0.144. The second-order valence-corrected chi connectivity index (χ2v) is 4.25. The van der Waals surface area contributed by atoms with Crippen molar-refractivity contribution in [3.05, 3.63) is 33.1 Å². The van der Waals surface area contributed by atoms with Gasteiger partial charge >= 0.3 is 11.7 Å². The number of carbonyl (C=O) groups excluding carboxylic acids is 1. The lowest BCUT2D eigenvalue weighted by atomic mass is 10.2. The van der Waals surface area contributed by atoms with Gasteiger partial charge in [0.2, 0.25) is 5.91 Å². The molecule has 2 atom stereocenters. The molecular weight excluding hydrogens is 270 g/mol. The maximum Gasteiger partial charge on any atom is 0.331 e. The molecule has 1 aromatic rings. The predicted octanol–water partition coefficient (Wildman–Crippen LogP) is -2.50. The number of nitrogens with one attached hydrogen (secondary N) is 1. The van der Waals surface area contributed by atoms with E-state index in [1.807, 2.05) is 0 Å². The van der Waals surface area contributed by atoms with Crippen molar-refractivity contribution in [2.24, 2.45) is 7.05 Å². The minimum Gasteiger partial charge on any atom is -0.480 e. The number of carboxylic acids is 1. The smallest absolute Gasteiger partial charge is 0.331 e. The van der Waals surface area contributed by atoms with Crippen LogP contribution in [0.5, 0.6) is 0 Å². The van der Waals surface area contributed by atoms with Gasteiger partial charge in [-0.2, -0.15) is 0 Å². The van der Waals surface area contributed by atoms with E-state index in [0.717, 1.165) is 21.4 Å². The predicted molar refractivity (Wildman–Crippen MR) is 67.2 cm³/mol. The fraction of sp³-hybridized carbons (Fsp3) is 0.455. The number of hydrogen-bond donors (Lipinski definition) is 3. The minimum absolute atomic E-state index is 0.455. The summed E-state index contributed by atoms with van der Waals surface area (Å²) in [6.07, 6.45) is -0.143. The number of aliphatic carboxylic acids is 1. The second-order valence-electron chi connectivity index (χ2n) is 4.25. The van der Waals surface area contributed by atoms with Crippen molar-refractivity contribution in [3.63, 3.8) is 0 Å². The van der Waals surface area contributed by atoms with Crippen molar-refractivity contribution in [2.75, 3.05) is 0 Å². The van der Waals surface area contributed by atoms with Crippen LogP contribution in [0.4, 0.5) is 0 Å². The number of nitrogens with zero attached hydrogens (tertiary/aromatic N) is 2. The van der Waals surface area contributed by atoms with E-state index in [-0.39, 0.29) is 0 Å². The molecule has 0 aliphatic heterocycles. The van der Waals surface area contributed by atoms with Gasteiger partial charge in [-0.3, -0.25) is 18.7 Å². The monoisotopic (exact) mass is 285 g/mol. The zero-order valence-corrected chi connectivity index (χ0v) is 10.9. The normalized spacial score (nSPS) is 13.6. The maximum atomic E-state index is 11.7. The van der Waals surface area contributed by atoms with Crippen LogP contribution in [0.2, 0.25) is 0 Å². The number of carbonyl (C=O) groups is 2. The van der Waals surface area contributed by atoms with Gasteiger partial charge < -0.3 is 15.5 Å². The first kappa shape index (κ1) is 15.6. The van der Waals surface area contributed by atoms with Crippen LogP contribution in [-0.2, 0) is 23.2 Å². The summed E-state index contributed by atoms with van der Waals surface area (Å²) in [7, 11) is 1.26. The second kappa shape index (κ2) is 6.15. The van der Waals surface area contributed by atoms with Crippen molar-refractivity contribution in [1.82, 2.24) is 14.5 Å². The highest BCUT2D eigenvalue weighted by Gasteiger charge is 2.25. The molecule has 1 heterocycles. The van der Waals surface area contributed by atoms with Crippen LogP contribution in [0.1, 0.15) is 6.92 Å². The fourth-order valence-corrected chi connectivity index (χ4v) is 1.50. The summed E-state index contributed by atoms with van der Waals surface area (Å²) >= 11 is 0. The van der Waals surface area contributed by atoms with E-state index in [1.165, 1.54) is 14.0 Å². The van der Waals surface area contributed by atoms with Gasteiger partial charge in [0, 0.05) is 19.3 Å². The Kier molecular flexibility index (Phi) is 4.81. The molecule has 0 aromatic carbocycles. The number of aliphatic hydroxyl groups is 1. The van der Waals surface area contributed by atoms with E-state index in [0.29, 0.717) is 0 Å². The average molecular weight is 285 g/mol. The van der Waals surface area contributed by atoms with Gasteiger partial charge in [0.25, 0.3) is 5.56 Å². The molecule has 0 saturated heterocycles. The Morgan fingerprint density at radius 2 is 2.00 bits per heavy atom. The third kappa shape index (κ3) is 3.54. The van der Waals surface area contributed by atoms with E-state index >= 15 is 0 Å². The van der Waals surface area contributed by atoms with Crippen LogP contribution >= 0.6 is 0 Å². The molecule has 1 rings (SSSR count). The Hall–Kier alpha value is -2.42. The fourth-order valence-electron chi connectivity index (χ4n) is 1.50. The van der Waals surface area contributed by atoms with Gasteiger partial charge in [0.05, 0.1) is 6.10 Å². The number of rotatable bonds is 5. The zero-order chi connectivity index (χ0) is 15.4. The Morgan fingerprint density at radius 1 is 1.40 bits per heavy atom. The van der Waals surface area contributed by atoms with Crippen molar-refractivity contribution in [3.8, 4) is 0 Å². The highest BCUT2D eigenvalue weighted by molar-refractivity contribution is 5.83. The lowest BCUT2D eigenvalue weighted by Gasteiger charge is -2.17. The summed E-state index contributed by atoms with van der Waals surface area (Å²) in [4.78, 5) is 45.3. The Morgan fingerprint density at radius 3 is 2.50 bits per heavy atom. The van der Waals surface area contributed by atoms with Gasteiger partial charge in [-0.15, -0.1) is 0 Å². The van der Waals surface area contributed by atoms with E-state index in [2.05, 4.69) is 5.32 Å². The summed E-state index contributed by atoms with van der Waals surface area (Å²) in [5, 5.41) is 20.1. The molecule has 0 radical (unpaired) electrons. The summed E-state index contributed by atoms with van der Waals surface area (Å²) in [6, 6.07) is -0.358. The van der Waals surface area contributed by atoms with Crippen LogP contribution in [0.3, 0.4) is 0 Å². The molecule has 1 amide bonds. The SMILES string of the molecule is C[C@@H](O)[C@H](NC(=O)Cn1ccc(=O)n(C)c1=O)C(=O)O. The molecule has 0 aliphatic rings. The summed E-state index contributed by atoms with van der Waals surface area (Å²) in [5.74, 6) is -2.15. The number of hydrogen-bond acceptors (Lipinski definition) is 5. The third-order valence-electron chi connectivity index (χ3n) is 2.64. The Labute approximate surface area is 113 Å². The summed E-state index contributed by atoms with van der Waals surface area (Å²) < 4.78 is 1.77. The van der Waals surface area contributed by atoms with Crippen molar-refractivity contribution < 1.29 is 19.8 Å². The molecule has 0 saturated carbocycles. The van der Waals surface area contributed by atoms with Crippen LogP contribution in [-0.4, -0.2) is 43.4 Å². The largest absolute Gasteiger partial charge is 0.480 e. The minimum atomic E-state index is -1.47. The molecule has 0 unspecified atom stereocenters. The van der Waals surface area contributed by atoms with Crippen LogP contribution < -0.4 is 16.6 Å². The molecule has 1 aromatic heterocycles. The lowest BCUT2D eigenvalue weighted by Crippen LogP contribution is -2.49. The standard InChI is InChI=1S/C11H15N3O6/c1-6(15)9(10(18)19)12-7(16)5-14-4-3-8(17)13(2)11(14)20/h3-4,6,9,15H,5H2,1-2H3,(H,12,16)(H,18,19)/t6-,9+/m1/s1. The number of carboxylic acid groups (broad SMARTS) is 1. The molecular formula is C11H15N3O6. The van der Waals surface area contributed by atoms with Crippen molar-refractivity contribution >= 4 is 11.9 Å². The topological polar surface area (TPSA) is 131 Å². The summed E-state index contributed by atoms with van der Waals surface area (Å²) in [5.41, 5.74) is -1.21. The first-order valence-corrected chi connectivity index (χ1v) is 5.70. The summed E-state index contributed by atoms with van der Waals surface area (Å²) in [6.45, 7) is 0.765. The third-order valence-corrected chi connectivity index (χ3v) is 2.64. The highest BCUT2D eigenvalue weighted by Crippen LogP contribution is 1.93. The highest BCUT2D eigenvalue weighted by atomic mass is 16.4. The first-order chi connectivity index (χ1) is 9.23. The quantitative estimate of drug-likeness (QED) is 0.548. The average Bonchev–Trinajstić information content (AvgIpc) is 2.36. The van der Waals surface area contributed by atoms with Crippen LogP contribution in [0, 0.1) is 0 Å². The van der Waals surface area contributed by atoms with Gasteiger partial charge in [-0.05, 0) is 6.92 Å². The van der Waals surface area contributed by atoms with Gasteiger partial charge in [-0.1, -0.05) is 0 Å². The molecule has 20 heavy (non-hydrogen) atoms. The van der Waals surface area contributed by atoms with Crippen LogP contribution in [0.25, 0.3) is 0 Å².